The zero-order chi connectivity index (χ0) is 13.3. The van der Waals surface area contributed by atoms with Gasteiger partial charge >= 0.3 is 0 Å². The van der Waals surface area contributed by atoms with Gasteiger partial charge in [-0.3, -0.25) is 4.55 Å². The van der Waals surface area contributed by atoms with Crippen molar-refractivity contribution in [3.63, 3.8) is 0 Å². The Balaban J connectivity index is 0.000000437. The summed E-state index contributed by atoms with van der Waals surface area (Å²) in [7, 11) is -3.67. The van der Waals surface area contributed by atoms with E-state index in [-0.39, 0.29) is 0 Å². The fraction of sp³-hybridized carbons (Fsp3) is 1.00. The smallest absolute Gasteiger partial charge is 0.261 e. The summed E-state index contributed by atoms with van der Waals surface area (Å²) in [5.74, 6) is 0. The van der Waals surface area contributed by atoms with Gasteiger partial charge in [0.25, 0.3) is 10.1 Å². The third-order valence-corrected chi connectivity index (χ3v) is 3.02. The number of hydrogen-bond donors (Lipinski definition) is 1. The van der Waals surface area contributed by atoms with E-state index in [1.807, 2.05) is 0 Å². The van der Waals surface area contributed by atoms with Crippen molar-refractivity contribution in [2.24, 2.45) is 0 Å². The van der Waals surface area contributed by atoms with Crippen LogP contribution in [0.3, 0.4) is 0 Å². The van der Waals surface area contributed by atoms with Crippen molar-refractivity contribution < 1.29 is 13.0 Å². The Hall–Kier alpha value is -0.130. The highest BCUT2D eigenvalue weighted by atomic mass is 32.2. The number of hydrogen-bond acceptors (Lipinski definition) is 3. The van der Waals surface area contributed by atoms with Crippen LogP contribution >= 0.6 is 0 Å². The quantitative estimate of drug-likeness (QED) is 0.613. The van der Waals surface area contributed by atoms with Crippen molar-refractivity contribution >= 4 is 10.1 Å². The van der Waals surface area contributed by atoms with Crippen LogP contribution in [0.1, 0.15) is 52.4 Å². The van der Waals surface area contributed by atoms with E-state index in [9.17, 15) is 8.42 Å². The Bertz CT molecular complexity index is 269. The van der Waals surface area contributed by atoms with Crippen molar-refractivity contribution in [2.75, 3.05) is 19.3 Å². The SMILES string of the molecule is CCCCCN1CCCC1CC.CS(=O)(=O)O. The van der Waals surface area contributed by atoms with Crippen LogP contribution in [0.25, 0.3) is 0 Å². The average Bonchev–Trinajstić information content (AvgIpc) is 2.63. The van der Waals surface area contributed by atoms with Gasteiger partial charge in [-0.25, -0.2) is 0 Å². The summed E-state index contributed by atoms with van der Waals surface area (Å²) in [5, 5.41) is 0. The molecule has 1 heterocycles. The molecule has 1 fully saturated rings. The summed E-state index contributed by atoms with van der Waals surface area (Å²) in [4.78, 5) is 2.69. The monoisotopic (exact) mass is 265 g/mol. The molecular weight excluding hydrogens is 238 g/mol. The average molecular weight is 265 g/mol. The zero-order valence-corrected chi connectivity index (χ0v) is 12.2. The highest BCUT2D eigenvalue weighted by molar-refractivity contribution is 7.85. The van der Waals surface area contributed by atoms with Gasteiger partial charge in [0.15, 0.2) is 0 Å². The minimum absolute atomic E-state index is 0.715. The van der Waals surface area contributed by atoms with Crippen molar-refractivity contribution in [1.82, 2.24) is 4.90 Å². The molecule has 1 rings (SSSR count). The molecule has 1 unspecified atom stereocenters. The van der Waals surface area contributed by atoms with E-state index < -0.39 is 10.1 Å². The third-order valence-electron chi connectivity index (χ3n) is 3.02. The van der Waals surface area contributed by atoms with E-state index in [1.54, 1.807) is 0 Å². The zero-order valence-electron chi connectivity index (χ0n) is 11.4. The van der Waals surface area contributed by atoms with Gasteiger partial charge in [0, 0.05) is 6.04 Å². The Labute approximate surface area is 106 Å². The van der Waals surface area contributed by atoms with Crippen LogP contribution in [0.2, 0.25) is 0 Å². The first-order valence-electron chi connectivity index (χ1n) is 6.55. The Kier molecular flexibility index (Phi) is 8.82. The molecule has 1 aliphatic heterocycles. The molecule has 1 N–H and O–H groups in total. The van der Waals surface area contributed by atoms with E-state index >= 15 is 0 Å². The molecule has 5 heteroatoms. The first-order valence-corrected chi connectivity index (χ1v) is 8.39. The molecule has 17 heavy (non-hydrogen) atoms. The summed E-state index contributed by atoms with van der Waals surface area (Å²) < 4.78 is 25.9. The molecule has 1 aliphatic rings. The maximum absolute atomic E-state index is 9.19. The highest BCUT2D eigenvalue weighted by Crippen LogP contribution is 2.19. The van der Waals surface area contributed by atoms with Crippen molar-refractivity contribution in [3.8, 4) is 0 Å². The molecule has 0 aromatic rings. The lowest BCUT2D eigenvalue weighted by atomic mass is 10.1. The Morgan fingerprint density at radius 2 is 1.88 bits per heavy atom. The van der Waals surface area contributed by atoms with Crippen LogP contribution in [0.4, 0.5) is 0 Å². The number of likely N-dealkylation sites (tertiary alicyclic amines) is 1. The van der Waals surface area contributed by atoms with E-state index in [2.05, 4.69) is 18.7 Å². The topological polar surface area (TPSA) is 57.6 Å². The molecule has 0 aromatic heterocycles. The van der Waals surface area contributed by atoms with Gasteiger partial charge in [-0.1, -0.05) is 26.7 Å². The van der Waals surface area contributed by atoms with Crippen LogP contribution in [0.5, 0.6) is 0 Å². The molecule has 0 radical (unpaired) electrons. The molecular formula is C12H27NO3S. The van der Waals surface area contributed by atoms with Crippen LogP contribution in [0, 0.1) is 0 Å². The Morgan fingerprint density at radius 3 is 2.35 bits per heavy atom. The molecule has 104 valence electrons. The second kappa shape index (κ2) is 8.89. The molecule has 0 aliphatic carbocycles. The maximum Gasteiger partial charge on any atom is 0.261 e. The van der Waals surface area contributed by atoms with Gasteiger partial charge < -0.3 is 4.90 Å². The first-order chi connectivity index (χ1) is 7.88. The van der Waals surface area contributed by atoms with Gasteiger partial charge in [0.2, 0.25) is 0 Å². The highest BCUT2D eigenvalue weighted by Gasteiger charge is 2.21. The van der Waals surface area contributed by atoms with Crippen LogP contribution in [-0.4, -0.2) is 43.3 Å². The van der Waals surface area contributed by atoms with Crippen LogP contribution in [0.15, 0.2) is 0 Å². The predicted octanol–water partition coefficient (Wildman–Crippen LogP) is 2.56. The van der Waals surface area contributed by atoms with E-state index in [0.717, 1.165) is 6.04 Å². The number of unbranched alkanes of at least 4 members (excludes halogenated alkanes) is 2. The lowest BCUT2D eigenvalue weighted by molar-refractivity contribution is 0.243. The molecule has 0 aromatic carbocycles. The standard InChI is InChI=1S/C11H23N.CH4O3S/c1-3-5-6-9-12-10-7-8-11(12)4-2;1-5(2,3)4/h11H,3-10H2,1-2H3;1H3,(H,2,3,4). The number of nitrogens with zero attached hydrogens (tertiary/aromatic N) is 1. The Morgan fingerprint density at radius 1 is 1.29 bits per heavy atom. The fourth-order valence-corrected chi connectivity index (χ4v) is 2.22. The summed E-state index contributed by atoms with van der Waals surface area (Å²) in [5.41, 5.74) is 0. The van der Waals surface area contributed by atoms with E-state index in [1.165, 1.54) is 51.6 Å². The minimum Gasteiger partial charge on any atom is -0.300 e. The molecule has 1 saturated heterocycles. The van der Waals surface area contributed by atoms with Gasteiger partial charge in [0.1, 0.15) is 0 Å². The first kappa shape index (κ1) is 16.9. The summed E-state index contributed by atoms with van der Waals surface area (Å²) in [6, 6.07) is 0.918. The lowest BCUT2D eigenvalue weighted by Gasteiger charge is -2.22. The normalized spacial score (nSPS) is 21.1. The van der Waals surface area contributed by atoms with Gasteiger partial charge in [-0.2, -0.15) is 8.42 Å². The molecule has 4 nitrogen and oxygen atoms in total. The fourth-order valence-electron chi connectivity index (χ4n) is 2.22. The second-order valence-electron chi connectivity index (χ2n) is 4.68. The summed E-state index contributed by atoms with van der Waals surface area (Å²) in [6.07, 6.45) is 9.12. The van der Waals surface area contributed by atoms with E-state index in [0.29, 0.717) is 6.26 Å². The van der Waals surface area contributed by atoms with Crippen molar-refractivity contribution in [2.45, 2.75) is 58.4 Å². The predicted molar refractivity (Wildman–Crippen MR) is 71.9 cm³/mol. The lowest BCUT2D eigenvalue weighted by Crippen LogP contribution is -2.29. The van der Waals surface area contributed by atoms with Crippen LogP contribution < -0.4 is 0 Å². The minimum atomic E-state index is -3.67. The summed E-state index contributed by atoms with van der Waals surface area (Å²) in [6.45, 7) is 7.32. The molecule has 0 bridgehead atoms. The van der Waals surface area contributed by atoms with Crippen LogP contribution in [-0.2, 0) is 10.1 Å². The second-order valence-corrected chi connectivity index (χ2v) is 6.15. The van der Waals surface area contributed by atoms with Gasteiger partial charge in [-0.05, 0) is 38.8 Å². The molecule has 1 atom stereocenters. The maximum atomic E-state index is 9.19. The molecule has 0 saturated carbocycles. The third kappa shape index (κ3) is 10.7. The van der Waals surface area contributed by atoms with Crippen molar-refractivity contribution in [3.05, 3.63) is 0 Å². The number of rotatable bonds is 5. The van der Waals surface area contributed by atoms with Gasteiger partial charge in [-0.15, -0.1) is 0 Å². The summed E-state index contributed by atoms with van der Waals surface area (Å²) >= 11 is 0. The van der Waals surface area contributed by atoms with Gasteiger partial charge in [0.05, 0.1) is 6.26 Å². The van der Waals surface area contributed by atoms with E-state index in [4.69, 9.17) is 4.55 Å². The largest absolute Gasteiger partial charge is 0.300 e. The van der Waals surface area contributed by atoms with Crippen molar-refractivity contribution in [1.29, 1.82) is 0 Å². The molecule has 0 amide bonds. The molecule has 0 spiro atoms.